The van der Waals surface area contributed by atoms with Crippen LogP contribution in [-0.4, -0.2) is 42.5 Å². The van der Waals surface area contributed by atoms with E-state index in [1.165, 1.54) is 23.5 Å². The molecule has 8 heteroatoms. The van der Waals surface area contributed by atoms with Gasteiger partial charge in [0.1, 0.15) is 17.3 Å². The Morgan fingerprint density at radius 1 is 1.38 bits per heavy atom. The first kappa shape index (κ1) is 20.3. The third-order valence-electron chi connectivity index (χ3n) is 3.20. The largest absolute Gasteiger partial charge is 0.494 e. The minimum absolute atomic E-state index is 0. The molecule has 0 fully saturated rings. The number of benzene rings is 1. The molecule has 1 aromatic heterocycles. The number of hydrogen-bond acceptors (Lipinski definition) is 5. The highest BCUT2D eigenvalue weighted by atomic mass is 35.5. The quantitative estimate of drug-likeness (QED) is 0.722. The molecule has 24 heavy (non-hydrogen) atoms. The van der Waals surface area contributed by atoms with E-state index in [0.717, 1.165) is 5.01 Å². The van der Waals surface area contributed by atoms with Crippen molar-refractivity contribution in [1.82, 2.24) is 9.88 Å². The zero-order valence-electron chi connectivity index (χ0n) is 13.4. The summed E-state index contributed by atoms with van der Waals surface area (Å²) < 4.78 is 18.3. The summed E-state index contributed by atoms with van der Waals surface area (Å²) in [5.74, 6) is 0.220. The number of ether oxygens (including phenoxy) is 1. The van der Waals surface area contributed by atoms with Crippen molar-refractivity contribution in [3.63, 3.8) is 0 Å². The van der Waals surface area contributed by atoms with Crippen LogP contribution in [-0.2, 0) is 6.42 Å². The fourth-order valence-corrected chi connectivity index (χ4v) is 2.76. The maximum atomic E-state index is 12.8. The van der Waals surface area contributed by atoms with Crippen LogP contribution in [0.5, 0.6) is 5.75 Å². The molecule has 0 aliphatic rings. The topological polar surface area (TPSA) is 68.5 Å². The molecule has 0 radical (unpaired) electrons. The van der Waals surface area contributed by atoms with Crippen LogP contribution in [0, 0.1) is 5.82 Å². The van der Waals surface area contributed by atoms with Gasteiger partial charge in [0.05, 0.1) is 11.6 Å². The highest BCUT2D eigenvalue weighted by molar-refractivity contribution is 7.09. The zero-order valence-corrected chi connectivity index (χ0v) is 15.0. The summed E-state index contributed by atoms with van der Waals surface area (Å²) in [6.45, 7) is 1.54. The fourth-order valence-electron chi connectivity index (χ4n) is 1.97. The summed E-state index contributed by atoms with van der Waals surface area (Å²) >= 11 is 1.45. The first-order valence-electron chi connectivity index (χ1n) is 7.38. The number of amides is 1. The Morgan fingerprint density at radius 2 is 2.08 bits per heavy atom. The van der Waals surface area contributed by atoms with Crippen molar-refractivity contribution in [2.75, 3.05) is 26.7 Å². The lowest BCUT2D eigenvalue weighted by molar-refractivity contribution is 0.0782. The Labute approximate surface area is 151 Å². The highest BCUT2D eigenvalue weighted by Crippen LogP contribution is 2.13. The van der Waals surface area contributed by atoms with Crippen LogP contribution in [0.1, 0.15) is 21.9 Å². The number of halogens is 2. The van der Waals surface area contributed by atoms with Crippen LogP contribution in [0.3, 0.4) is 0 Å². The molecular formula is C16H21ClFN3O2S. The van der Waals surface area contributed by atoms with Gasteiger partial charge in [-0.15, -0.1) is 23.7 Å². The minimum atomic E-state index is -0.292. The second-order valence-corrected chi connectivity index (χ2v) is 5.99. The lowest BCUT2D eigenvalue weighted by Crippen LogP contribution is -2.29. The summed E-state index contributed by atoms with van der Waals surface area (Å²) in [5.41, 5.74) is 5.94. The van der Waals surface area contributed by atoms with Crippen LogP contribution in [0.4, 0.5) is 4.39 Å². The lowest BCUT2D eigenvalue weighted by atomic mass is 10.3. The van der Waals surface area contributed by atoms with Crippen molar-refractivity contribution in [3.8, 4) is 5.75 Å². The fraction of sp³-hybridized carbons (Fsp3) is 0.375. The van der Waals surface area contributed by atoms with Gasteiger partial charge in [0, 0.05) is 25.4 Å². The van der Waals surface area contributed by atoms with E-state index in [-0.39, 0.29) is 24.1 Å². The van der Waals surface area contributed by atoms with E-state index in [4.69, 9.17) is 10.5 Å². The van der Waals surface area contributed by atoms with Crippen LogP contribution >= 0.6 is 23.7 Å². The molecule has 132 valence electrons. The maximum absolute atomic E-state index is 12.8. The van der Waals surface area contributed by atoms with E-state index in [1.807, 2.05) is 0 Å². The van der Waals surface area contributed by atoms with Gasteiger partial charge in [0.2, 0.25) is 0 Å². The van der Waals surface area contributed by atoms with Gasteiger partial charge in [0.15, 0.2) is 0 Å². The average Bonchev–Trinajstić information content (AvgIpc) is 3.01. The molecule has 0 spiro atoms. The Hall–Kier alpha value is -1.70. The average molecular weight is 374 g/mol. The van der Waals surface area contributed by atoms with E-state index in [2.05, 4.69) is 4.98 Å². The van der Waals surface area contributed by atoms with E-state index >= 15 is 0 Å². The van der Waals surface area contributed by atoms with Crippen molar-refractivity contribution in [2.24, 2.45) is 5.73 Å². The molecule has 2 aromatic rings. The second kappa shape index (κ2) is 10.2. The van der Waals surface area contributed by atoms with Gasteiger partial charge < -0.3 is 15.4 Å². The van der Waals surface area contributed by atoms with Gasteiger partial charge in [0.25, 0.3) is 5.91 Å². The summed E-state index contributed by atoms with van der Waals surface area (Å²) in [5, 5.41) is 2.64. The van der Waals surface area contributed by atoms with Crippen molar-refractivity contribution in [1.29, 1.82) is 0 Å². The Balaban J connectivity index is 0.00000288. The predicted octanol–water partition coefficient (Wildman–Crippen LogP) is 2.75. The highest BCUT2D eigenvalue weighted by Gasteiger charge is 2.15. The molecule has 5 nitrogen and oxygen atoms in total. The zero-order chi connectivity index (χ0) is 16.7. The smallest absolute Gasteiger partial charge is 0.273 e. The van der Waals surface area contributed by atoms with E-state index in [9.17, 15) is 9.18 Å². The molecular weight excluding hydrogens is 353 g/mol. The molecule has 0 aliphatic heterocycles. The van der Waals surface area contributed by atoms with Crippen molar-refractivity contribution in [3.05, 3.63) is 46.2 Å². The third-order valence-corrected chi connectivity index (χ3v) is 4.10. The molecule has 2 rings (SSSR count). The molecule has 0 bridgehead atoms. The molecule has 0 aliphatic carbocycles. The van der Waals surface area contributed by atoms with Crippen molar-refractivity contribution < 1.29 is 13.9 Å². The number of rotatable bonds is 8. The van der Waals surface area contributed by atoms with Crippen LogP contribution in [0.2, 0.25) is 0 Å². The van der Waals surface area contributed by atoms with Gasteiger partial charge in [-0.1, -0.05) is 0 Å². The van der Waals surface area contributed by atoms with Crippen molar-refractivity contribution >= 4 is 29.7 Å². The molecule has 1 aromatic carbocycles. The standard InChI is InChI=1S/C16H20FN3O2S.ClH/c1-20(16(21)14-11-23-15(19-14)7-8-18)9-2-10-22-13-5-3-12(17)4-6-13;/h3-6,11H,2,7-10,18H2,1H3;1H. The molecule has 1 heterocycles. The molecule has 1 amide bonds. The number of thiazole rings is 1. The summed E-state index contributed by atoms with van der Waals surface area (Å²) in [4.78, 5) is 18.1. The van der Waals surface area contributed by atoms with Crippen molar-refractivity contribution in [2.45, 2.75) is 12.8 Å². The minimum Gasteiger partial charge on any atom is -0.494 e. The van der Waals surface area contributed by atoms with Gasteiger partial charge >= 0.3 is 0 Å². The summed E-state index contributed by atoms with van der Waals surface area (Å²) in [6, 6.07) is 5.87. The molecule has 0 unspecified atom stereocenters. The molecule has 0 saturated heterocycles. The van der Waals surface area contributed by atoms with E-state index < -0.39 is 0 Å². The molecule has 2 N–H and O–H groups in total. The van der Waals surface area contributed by atoms with E-state index in [0.29, 0.717) is 44.0 Å². The lowest BCUT2D eigenvalue weighted by Gasteiger charge is -2.16. The predicted molar refractivity (Wildman–Crippen MR) is 95.6 cm³/mol. The van der Waals surface area contributed by atoms with Gasteiger partial charge in [-0.2, -0.15) is 0 Å². The van der Waals surface area contributed by atoms with Crippen LogP contribution in [0.25, 0.3) is 0 Å². The first-order valence-corrected chi connectivity index (χ1v) is 8.26. The van der Waals surface area contributed by atoms with Crippen LogP contribution in [0.15, 0.2) is 29.6 Å². The molecule has 0 saturated carbocycles. The summed E-state index contributed by atoms with van der Waals surface area (Å²) in [7, 11) is 1.74. The number of nitrogens with two attached hydrogens (primary N) is 1. The Morgan fingerprint density at radius 3 is 2.75 bits per heavy atom. The van der Waals surface area contributed by atoms with Crippen LogP contribution < -0.4 is 10.5 Å². The van der Waals surface area contributed by atoms with Gasteiger partial charge in [-0.25, -0.2) is 9.37 Å². The molecule has 0 atom stereocenters. The van der Waals surface area contributed by atoms with Gasteiger partial charge in [-0.3, -0.25) is 4.79 Å². The Bertz CT molecular complexity index is 637. The number of hydrogen-bond donors (Lipinski definition) is 1. The SMILES string of the molecule is CN(CCCOc1ccc(F)cc1)C(=O)c1csc(CCN)n1.Cl. The third kappa shape index (κ3) is 6.07. The second-order valence-electron chi connectivity index (χ2n) is 5.05. The Kier molecular flexibility index (Phi) is 8.67. The first-order chi connectivity index (χ1) is 11.1. The number of carbonyl (C=O) groups is 1. The normalized spacial score (nSPS) is 10.1. The number of nitrogens with zero attached hydrogens (tertiary/aromatic N) is 2. The number of aromatic nitrogens is 1. The maximum Gasteiger partial charge on any atom is 0.273 e. The summed E-state index contributed by atoms with van der Waals surface area (Å²) in [6.07, 6.45) is 1.37. The monoisotopic (exact) mass is 373 g/mol. The van der Waals surface area contributed by atoms with Gasteiger partial charge in [-0.05, 0) is 37.2 Å². The number of carbonyl (C=O) groups excluding carboxylic acids is 1. The van der Waals surface area contributed by atoms with E-state index in [1.54, 1.807) is 29.5 Å².